The van der Waals surface area contributed by atoms with Gasteiger partial charge >= 0.3 is 0 Å². The molecule has 0 amide bonds. The molecule has 1 atom stereocenters. The van der Waals surface area contributed by atoms with Crippen molar-refractivity contribution in [2.24, 2.45) is 5.10 Å². The average molecular weight is 218 g/mol. The summed E-state index contributed by atoms with van der Waals surface area (Å²) in [6.07, 6.45) is 6.58. The number of nitrogens with zero attached hydrogens (tertiary/aromatic N) is 3. The van der Waals surface area contributed by atoms with Gasteiger partial charge in [-0.05, 0) is 12.8 Å². The molecule has 4 heteroatoms. The van der Waals surface area contributed by atoms with Crippen LogP contribution >= 0.6 is 11.6 Å². The van der Waals surface area contributed by atoms with Crippen molar-refractivity contribution in [3.05, 3.63) is 0 Å². The molecule has 82 valence electrons. The Morgan fingerprint density at radius 1 is 1.21 bits per heavy atom. The summed E-state index contributed by atoms with van der Waals surface area (Å²) in [7, 11) is 0. The van der Waals surface area contributed by atoms with Crippen LogP contribution in [0, 0.1) is 0 Å². The third kappa shape index (κ3) is 3.05. The van der Waals surface area contributed by atoms with Crippen LogP contribution in [-0.2, 0) is 0 Å². The maximum Gasteiger partial charge on any atom is 0.195 e. The normalized spacial score (nSPS) is 20.9. The molecule has 0 saturated carbocycles. The van der Waals surface area contributed by atoms with Crippen LogP contribution in [0.2, 0.25) is 0 Å². The molecular formula is C10H20ClN3. The Labute approximate surface area is 91.7 Å². The zero-order chi connectivity index (χ0) is 10.4. The summed E-state index contributed by atoms with van der Waals surface area (Å²) in [5.41, 5.74) is -0.0619. The number of rotatable bonds is 6. The van der Waals surface area contributed by atoms with Gasteiger partial charge in [-0.2, -0.15) is 5.10 Å². The topological polar surface area (TPSA) is 18.8 Å². The number of hydrogen-bond donors (Lipinski definition) is 0. The first-order valence-electron chi connectivity index (χ1n) is 5.50. The largest absolute Gasteiger partial charge is 0.327 e. The van der Waals surface area contributed by atoms with Crippen molar-refractivity contribution in [3.8, 4) is 0 Å². The minimum Gasteiger partial charge on any atom is -0.327 e. The lowest BCUT2D eigenvalue weighted by molar-refractivity contribution is 0.195. The third-order valence-electron chi connectivity index (χ3n) is 2.38. The number of halogens is 1. The fraction of sp³-hybridized carbons (Fsp3) is 0.900. The van der Waals surface area contributed by atoms with Gasteiger partial charge in [-0.15, -0.1) is 0 Å². The predicted molar refractivity (Wildman–Crippen MR) is 61.4 cm³/mol. The van der Waals surface area contributed by atoms with Crippen molar-refractivity contribution in [2.75, 3.05) is 13.1 Å². The first-order valence-corrected chi connectivity index (χ1v) is 5.93. The molecule has 0 aromatic rings. The highest BCUT2D eigenvalue weighted by molar-refractivity contribution is 6.20. The van der Waals surface area contributed by atoms with Gasteiger partial charge in [0, 0.05) is 13.1 Å². The van der Waals surface area contributed by atoms with Crippen molar-refractivity contribution in [3.63, 3.8) is 0 Å². The van der Waals surface area contributed by atoms with Gasteiger partial charge in [-0.1, -0.05) is 38.3 Å². The van der Waals surface area contributed by atoms with Crippen LogP contribution in [0.15, 0.2) is 5.10 Å². The third-order valence-corrected chi connectivity index (χ3v) is 2.85. The summed E-state index contributed by atoms with van der Waals surface area (Å²) in [5.74, 6) is 0. The molecule has 1 heterocycles. The smallest absolute Gasteiger partial charge is 0.195 e. The van der Waals surface area contributed by atoms with Crippen LogP contribution in [-0.4, -0.2) is 35.0 Å². The van der Waals surface area contributed by atoms with Gasteiger partial charge in [0.15, 0.2) is 5.62 Å². The molecule has 0 spiro atoms. The summed E-state index contributed by atoms with van der Waals surface area (Å²) in [6, 6.07) is 0. The second-order valence-corrected chi connectivity index (χ2v) is 4.04. The van der Waals surface area contributed by atoms with E-state index < -0.39 is 0 Å². The second-order valence-electron chi connectivity index (χ2n) is 3.65. The van der Waals surface area contributed by atoms with Crippen LogP contribution < -0.4 is 0 Å². The molecule has 0 radical (unpaired) electrons. The SMILES string of the molecule is CCCCN1C=NN(CCCC)C1Cl. The van der Waals surface area contributed by atoms with E-state index in [1.54, 1.807) is 0 Å². The molecule has 0 bridgehead atoms. The van der Waals surface area contributed by atoms with E-state index in [4.69, 9.17) is 11.6 Å². The Bertz CT molecular complexity index is 166. The molecule has 0 aromatic carbocycles. The predicted octanol–water partition coefficient (Wildman–Crippen LogP) is 2.67. The quantitative estimate of drug-likeness (QED) is 0.503. The zero-order valence-corrected chi connectivity index (χ0v) is 9.87. The average Bonchev–Trinajstić information content (AvgIpc) is 2.54. The lowest BCUT2D eigenvalue weighted by Crippen LogP contribution is -2.36. The monoisotopic (exact) mass is 217 g/mol. The van der Waals surface area contributed by atoms with Crippen LogP contribution in [0.3, 0.4) is 0 Å². The minimum atomic E-state index is -0.0619. The van der Waals surface area contributed by atoms with Gasteiger partial charge in [0.2, 0.25) is 0 Å². The summed E-state index contributed by atoms with van der Waals surface area (Å²) >= 11 is 6.24. The molecular weight excluding hydrogens is 198 g/mol. The van der Waals surface area contributed by atoms with Gasteiger partial charge in [-0.25, -0.2) is 0 Å². The van der Waals surface area contributed by atoms with E-state index in [0.717, 1.165) is 19.5 Å². The fourth-order valence-corrected chi connectivity index (χ4v) is 1.70. The molecule has 0 aromatic heterocycles. The van der Waals surface area contributed by atoms with E-state index in [1.165, 1.54) is 19.3 Å². The molecule has 1 aliphatic rings. The molecule has 3 nitrogen and oxygen atoms in total. The molecule has 0 aliphatic carbocycles. The first-order chi connectivity index (χ1) is 6.79. The van der Waals surface area contributed by atoms with E-state index >= 15 is 0 Å². The maximum atomic E-state index is 6.24. The fourth-order valence-electron chi connectivity index (χ4n) is 1.40. The van der Waals surface area contributed by atoms with Gasteiger partial charge < -0.3 is 4.90 Å². The zero-order valence-electron chi connectivity index (χ0n) is 9.12. The summed E-state index contributed by atoms with van der Waals surface area (Å²) in [4.78, 5) is 2.10. The highest BCUT2D eigenvalue weighted by Crippen LogP contribution is 2.17. The van der Waals surface area contributed by atoms with Crippen LogP contribution in [0.25, 0.3) is 0 Å². The summed E-state index contributed by atoms with van der Waals surface area (Å²) in [5, 5.41) is 6.25. The first kappa shape index (κ1) is 11.6. The van der Waals surface area contributed by atoms with Gasteiger partial charge in [0.1, 0.15) is 6.34 Å². The second kappa shape index (κ2) is 6.12. The summed E-state index contributed by atoms with van der Waals surface area (Å²) in [6.45, 7) is 6.34. The lowest BCUT2D eigenvalue weighted by Gasteiger charge is -2.24. The van der Waals surface area contributed by atoms with Crippen molar-refractivity contribution >= 4 is 17.9 Å². The van der Waals surface area contributed by atoms with Gasteiger partial charge in [0.05, 0.1) is 0 Å². The number of hydrazone groups is 1. The Hall–Kier alpha value is -0.440. The standard InChI is InChI=1S/C10H20ClN3/c1-3-5-7-13-9-12-14(10(13)11)8-6-4-2/h9-10H,3-8H2,1-2H3. The number of unbranched alkanes of at least 4 members (excludes halogenated alkanes) is 2. The molecule has 14 heavy (non-hydrogen) atoms. The molecule has 1 unspecified atom stereocenters. The van der Waals surface area contributed by atoms with Crippen molar-refractivity contribution in [1.82, 2.24) is 9.91 Å². The van der Waals surface area contributed by atoms with Crippen LogP contribution in [0.4, 0.5) is 0 Å². The van der Waals surface area contributed by atoms with Gasteiger partial charge in [-0.3, -0.25) is 5.01 Å². The lowest BCUT2D eigenvalue weighted by atomic mass is 10.3. The highest BCUT2D eigenvalue weighted by atomic mass is 35.5. The molecule has 0 N–H and O–H groups in total. The van der Waals surface area contributed by atoms with Crippen molar-refractivity contribution in [1.29, 1.82) is 0 Å². The molecule has 1 rings (SSSR count). The molecule has 1 aliphatic heterocycles. The molecule has 0 fully saturated rings. The molecule has 0 saturated heterocycles. The number of hydrogen-bond acceptors (Lipinski definition) is 3. The Morgan fingerprint density at radius 2 is 1.86 bits per heavy atom. The Morgan fingerprint density at radius 3 is 2.50 bits per heavy atom. The van der Waals surface area contributed by atoms with Crippen molar-refractivity contribution in [2.45, 2.75) is 45.2 Å². The maximum absolute atomic E-state index is 6.24. The number of alkyl halides is 1. The highest BCUT2D eigenvalue weighted by Gasteiger charge is 2.23. The van der Waals surface area contributed by atoms with E-state index in [1.807, 2.05) is 11.3 Å². The van der Waals surface area contributed by atoms with E-state index in [0.29, 0.717) is 0 Å². The summed E-state index contributed by atoms with van der Waals surface area (Å²) < 4.78 is 0. The van der Waals surface area contributed by atoms with E-state index in [-0.39, 0.29) is 5.62 Å². The Balaban J connectivity index is 2.28. The van der Waals surface area contributed by atoms with Crippen LogP contribution in [0.5, 0.6) is 0 Å². The van der Waals surface area contributed by atoms with Crippen molar-refractivity contribution < 1.29 is 0 Å². The van der Waals surface area contributed by atoms with Gasteiger partial charge in [0.25, 0.3) is 0 Å². The Kier molecular flexibility index (Phi) is 5.09. The van der Waals surface area contributed by atoms with Crippen LogP contribution in [0.1, 0.15) is 39.5 Å². The minimum absolute atomic E-state index is 0.0619. The van der Waals surface area contributed by atoms with E-state index in [2.05, 4.69) is 23.8 Å². The van der Waals surface area contributed by atoms with E-state index in [9.17, 15) is 0 Å².